The van der Waals surface area contributed by atoms with Crippen molar-refractivity contribution in [1.29, 1.82) is 0 Å². The van der Waals surface area contributed by atoms with Gasteiger partial charge in [-0.05, 0) is 18.8 Å². The van der Waals surface area contributed by atoms with Crippen LogP contribution in [0.5, 0.6) is 0 Å². The van der Waals surface area contributed by atoms with E-state index < -0.39 is 0 Å². The van der Waals surface area contributed by atoms with E-state index in [2.05, 4.69) is 19.2 Å². The van der Waals surface area contributed by atoms with Crippen molar-refractivity contribution in [3.63, 3.8) is 0 Å². The summed E-state index contributed by atoms with van der Waals surface area (Å²) in [5.41, 5.74) is 0. The first-order valence-electron chi connectivity index (χ1n) is 5.52. The van der Waals surface area contributed by atoms with Crippen LogP contribution in [0.1, 0.15) is 52.4 Å². The Morgan fingerprint density at radius 1 is 1.15 bits per heavy atom. The molecule has 2 heteroatoms. The zero-order valence-electron chi connectivity index (χ0n) is 9.01. The third-order valence-corrected chi connectivity index (χ3v) is 2.42. The molecule has 0 unspecified atom stereocenters. The fourth-order valence-corrected chi connectivity index (χ4v) is 1.55. The molecule has 78 valence electrons. The third kappa shape index (κ3) is 7.82. The second kappa shape index (κ2) is 9.56. The Hall–Kier alpha value is -0.530. The van der Waals surface area contributed by atoms with Gasteiger partial charge in [-0.1, -0.05) is 39.5 Å². The number of hydrogen-bond donors (Lipinski definition) is 1. The van der Waals surface area contributed by atoms with E-state index >= 15 is 0 Å². The molecule has 0 radical (unpaired) electrons. The van der Waals surface area contributed by atoms with Gasteiger partial charge in [-0.15, -0.1) is 0 Å². The van der Waals surface area contributed by atoms with E-state index in [1.807, 2.05) is 0 Å². The standard InChI is InChI=1S/C11H23NO/c1-3-5-7-11(8-6-4-2)9-12-10-13/h10-11H,3-9H2,1-2H3,(H,12,13). The van der Waals surface area contributed by atoms with E-state index in [-0.39, 0.29) is 0 Å². The van der Waals surface area contributed by atoms with Crippen molar-refractivity contribution in [3.05, 3.63) is 0 Å². The van der Waals surface area contributed by atoms with Crippen molar-refractivity contribution < 1.29 is 4.79 Å². The van der Waals surface area contributed by atoms with Crippen LogP contribution in [0.4, 0.5) is 0 Å². The molecule has 0 rings (SSSR count). The lowest BCUT2D eigenvalue weighted by Crippen LogP contribution is -2.21. The summed E-state index contributed by atoms with van der Waals surface area (Å²) in [5.74, 6) is 0.699. The van der Waals surface area contributed by atoms with E-state index in [1.54, 1.807) is 0 Å². The zero-order valence-corrected chi connectivity index (χ0v) is 9.01. The summed E-state index contributed by atoms with van der Waals surface area (Å²) in [6.45, 7) is 5.29. The molecule has 0 aromatic carbocycles. The first kappa shape index (κ1) is 12.5. The van der Waals surface area contributed by atoms with Crippen LogP contribution in [0, 0.1) is 5.92 Å². The van der Waals surface area contributed by atoms with Crippen LogP contribution in [0.25, 0.3) is 0 Å². The number of nitrogens with one attached hydrogen (secondary N) is 1. The maximum atomic E-state index is 10.1. The summed E-state index contributed by atoms with van der Waals surface area (Å²) in [5, 5.41) is 2.79. The molecular weight excluding hydrogens is 162 g/mol. The van der Waals surface area contributed by atoms with Gasteiger partial charge in [-0.2, -0.15) is 0 Å². The molecule has 13 heavy (non-hydrogen) atoms. The Bertz CT molecular complexity index is 107. The van der Waals surface area contributed by atoms with Crippen LogP contribution in [0.2, 0.25) is 0 Å². The average molecular weight is 185 g/mol. The smallest absolute Gasteiger partial charge is 0.207 e. The number of hydrogen-bond acceptors (Lipinski definition) is 1. The number of carbonyl (C=O) groups excluding carboxylic acids is 1. The predicted octanol–water partition coefficient (Wildman–Crippen LogP) is 2.73. The van der Waals surface area contributed by atoms with Gasteiger partial charge in [0, 0.05) is 6.54 Å². The van der Waals surface area contributed by atoms with Gasteiger partial charge in [0.2, 0.25) is 6.41 Å². The van der Waals surface area contributed by atoms with Crippen molar-refractivity contribution in [1.82, 2.24) is 5.32 Å². The Balaban J connectivity index is 3.52. The van der Waals surface area contributed by atoms with Gasteiger partial charge in [0.05, 0.1) is 0 Å². The number of rotatable bonds is 9. The molecule has 0 spiro atoms. The normalized spacial score (nSPS) is 10.4. The largest absolute Gasteiger partial charge is 0.358 e. The van der Waals surface area contributed by atoms with Crippen LogP contribution in [0.15, 0.2) is 0 Å². The molecule has 0 aromatic rings. The molecule has 0 heterocycles. The van der Waals surface area contributed by atoms with Gasteiger partial charge in [0.25, 0.3) is 0 Å². The van der Waals surface area contributed by atoms with Crippen molar-refractivity contribution in [2.24, 2.45) is 5.92 Å². The molecule has 0 atom stereocenters. The summed E-state index contributed by atoms with van der Waals surface area (Å²) < 4.78 is 0. The third-order valence-electron chi connectivity index (χ3n) is 2.42. The van der Waals surface area contributed by atoms with Crippen LogP contribution in [-0.2, 0) is 4.79 Å². The Morgan fingerprint density at radius 3 is 2.08 bits per heavy atom. The summed E-state index contributed by atoms with van der Waals surface area (Å²) in [4.78, 5) is 10.1. The molecule has 1 amide bonds. The minimum Gasteiger partial charge on any atom is -0.358 e. The topological polar surface area (TPSA) is 29.1 Å². The molecule has 0 bridgehead atoms. The molecular formula is C11H23NO. The maximum Gasteiger partial charge on any atom is 0.207 e. The van der Waals surface area contributed by atoms with Gasteiger partial charge < -0.3 is 5.32 Å². The highest BCUT2D eigenvalue weighted by Crippen LogP contribution is 2.14. The fraction of sp³-hybridized carbons (Fsp3) is 0.909. The van der Waals surface area contributed by atoms with Gasteiger partial charge in [0.1, 0.15) is 0 Å². The van der Waals surface area contributed by atoms with E-state index in [9.17, 15) is 4.79 Å². The SMILES string of the molecule is CCCCC(CCCC)CNC=O. The Labute approximate surface area is 82.1 Å². The molecule has 0 aliphatic carbocycles. The molecule has 2 nitrogen and oxygen atoms in total. The zero-order chi connectivity index (χ0) is 9.94. The summed E-state index contributed by atoms with van der Waals surface area (Å²) in [6.07, 6.45) is 8.41. The van der Waals surface area contributed by atoms with Crippen LogP contribution >= 0.6 is 0 Å². The maximum absolute atomic E-state index is 10.1. The quantitative estimate of drug-likeness (QED) is 0.550. The monoisotopic (exact) mass is 185 g/mol. The number of unbranched alkanes of at least 4 members (excludes halogenated alkanes) is 2. The summed E-state index contributed by atoms with van der Waals surface area (Å²) in [7, 11) is 0. The molecule has 0 aliphatic rings. The highest BCUT2D eigenvalue weighted by molar-refractivity contribution is 5.45. The van der Waals surface area contributed by atoms with E-state index in [1.165, 1.54) is 38.5 Å². The molecule has 1 N–H and O–H groups in total. The fourth-order valence-electron chi connectivity index (χ4n) is 1.55. The van der Waals surface area contributed by atoms with Crippen LogP contribution < -0.4 is 5.32 Å². The average Bonchev–Trinajstić information content (AvgIpc) is 2.17. The second-order valence-electron chi connectivity index (χ2n) is 3.68. The molecule has 0 aliphatic heterocycles. The molecule has 0 saturated carbocycles. The van der Waals surface area contributed by atoms with Crippen molar-refractivity contribution >= 4 is 6.41 Å². The van der Waals surface area contributed by atoms with Gasteiger partial charge in [0.15, 0.2) is 0 Å². The molecule has 0 aromatic heterocycles. The minimum absolute atomic E-state index is 0.699. The lowest BCUT2D eigenvalue weighted by atomic mass is 9.96. The highest BCUT2D eigenvalue weighted by Gasteiger charge is 2.06. The predicted molar refractivity (Wildman–Crippen MR) is 56.6 cm³/mol. The van der Waals surface area contributed by atoms with E-state index in [0.717, 1.165) is 13.0 Å². The van der Waals surface area contributed by atoms with Crippen molar-refractivity contribution in [2.45, 2.75) is 52.4 Å². The van der Waals surface area contributed by atoms with Crippen molar-refractivity contribution in [3.8, 4) is 0 Å². The Morgan fingerprint density at radius 2 is 1.69 bits per heavy atom. The van der Waals surface area contributed by atoms with Crippen LogP contribution in [0.3, 0.4) is 0 Å². The lowest BCUT2D eigenvalue weighted by Gasteiger charge is -2.15. The van der Waals surface area contributed by atoms with E-state index in [0.29, 0.717) is 5.92 Å². The first-order chi connectivity index (χ1) is 6.35. The number of carbonyl (C=O) groups is 1. The van der Waals surface area contributed by atoms with Gasteiger partial charge >= 0.3 is 0 Å². The van der Waals surface area contributed by atoms with Gasteiger partial charge in [-0.3, -0.25) is 4.79 Å². The Kier molecular flexibility index (Phi) is 9.17. The first-order valence-corrected chi connectivity index (χ1v) is 5.52. The molecule has 0 fully saturated rings. The van der Waals surface area contributed by atoms with E-state index in [4.69, 9.17) is 0 Å². The summed E-state index contributed by atoms with van der Waals surface area (Å²) >= 11 is 0. The second-order valence-corrected chi connectivity index (χ2v) is 3.68. The molecule has 0 saturated heterocycles. The van der Waals surface area contributed by atoms with Crippen LogP contribution in [-0.4, -0.2) is 13.0 Å². The lowest BCUT2D eigenvalue weighted by molar-refractivity contribution is -0.109. The van der Waals surface area contributed by atoms with Crippen molar-refractivity contribution in [2.75, 3.05) is 6.54 Å². The number of amides is 1. The highest BCUT2D eigenvalue weighted by atomic mass is 16.1. The minimum atomic E-state index is 0.699. The summed E-state index contributed by atoms with van der Waals surface area (Å²) in [6, 6.07) is 0. The van der Waals surface area contributed by atoms with Gasteiger partial charge in [-0.25, -0.2) is 0 Å².